The Balaban J connectivity index is 2.05. The Morgan fingerprint density at radius 2 is 2.26 bits per heavy atom. The first kappa shape index (κ1) is 14.5. The summed E-state index contributed by atoms with van der Waals surface area (Å²) in [7, 11) is -3.14. The van der Waals surface area contributed by atoms with Crippen LogP contribution >= 0.6 is 0 Å². The minimum absolute atomic E-state index is 0.0337. The second-order valence-electron chi connectivity index (χ2n) is 5.05. The van der Waals surface area contributed by atoms with E-state index in [-0.39, 0.29) is 11.7 Å². The summed E-state index contributed by atoms with van der Waals surface area (Å²) in [6.45, 7) is 4.84. The fourth-order valence-electron chi connectivity index (χ4n) is 2.33. The van der Waals surface area contributed by atoms with Crippen LogP contribution in [0.2, 0.25) is 0 Å². The van der Waals surface area contributed by atoms with Crippen LogP contribution in [-0.2, 0) is 10.0 Å². The predicted molar refractivity (Wildman–Crippen MR) is 71.3 cm³/mol. The second-order valence-corrected chi connectivity index (χ2v) is 7.14. The highest BCUT2D eigenvalue weighted by atomic mass is 32.2. The van der Waals surface area contributed by atoms with Gasteiger partial charge in [0.2, 0.25) is 15.9 Å². The Morgan fingerprint density at radius 1 is 1.47 bits per heavy atom. The van der Waals surface area contributed by atoms with E-state index in [9.17, 15) is 8.42 Å². The monoisotopic (exact) mass is 287 g/mol. The van der Waals surface area contributed by atoms with Gasteiger partial charge in [0.15, 0.2) is 5.82 Å². The van der Waals surface area contributed by atoms with Gasteiger partial charge in [-0.2, -0.15) is 4.98 Å². The normalized spacial score (nSPS) is 21.7. The third kappa shape index (κ3) is 3.54. The molecule has 0 bridgehead atoms. The summed E-state index contributed by atoms with van der Waals surface area (Å²) in [5.41, 5.74) is 0. The number of hydrogen-bond donors (Lipinski definition) is 0. The quantitative estimate of drug-likeness (QED) is 0.823. The molecule has 1 aliphatic heterocycles. The molecule has 0 aromatic carbocycles. The molecule has 0 saturated carbocycles. The van der Waals surface area contributed by atoms with Gasteiger partial charge in [0.05, 0.1) is 11.7 Å². The molecule has 0 N–H and O–H groups in total. The van der Waals surface area contributed by atoms with Crippen molar-refractivity contribution in [3.8, 4) is 0 Å². The number of piperidine rings is 1. The Bertz CT molecular complexity index is 512. The maximum Gasteiger partial charge on any atom is 0.231 e. The lowest BCUT2D eigenvalue weighted by Gasteiger charge is -2.30. The van der Waals surface area contributed by atoms with Gasteiger partial charge < -0.3 is 4.52 Å². The molecular weight excluding hydrogens is 266 g/mol. The number of sulfonamides is 1. The van der Waals surface area contributed by atoms with Gasteiger partial charge in [0, 0.05) is 13.1 Å². The largest absolute Gasteiger partial charge is 0.339 e. The highest BCUT2D eigenvalue weighted by Crippen LogP contribution is 2.27. The van der Waals surface area contributed by atoms with Crippen LogP contribution in [0.3, 0.4) is 0 Å². The molecule has 1 aliphatic rings. The van der Waals surface area contributed by atoms with Gasteiger partial charge in [-0.25, -0.2) is 12.7 Å². The SMILES string of the molecule is CCCCS(=O)(=O)N1CCC[C@H](c2nc(C)no2)C1. The van der Waals surface area contributed by atoms with Crippen molar-refractivity contribution < 1.29 is 12.9 Å². The average Bonchev–Trinajstić information content (AvgIpc) is 2.83. The Labute approximate surface area is 114 Å². The topological polar surface area (TPSA) is 76.3 Å². The van der Waals surface area contributed by atoms with E-state index in [4.69, 9.17) is 4.52 Å². The molecule has 0 aliphatic carbocycles. The van der Waals surface area contributed by atoms with Gasteiger partial charge in [0.25, 0.3) is 0 Å². The third-order valence-electron chi connectivity index (χ3n) is 3.43. The van der Waals surface area contributed by atoms with Crippen LogP contribution in [0, 0.1) is 6.92 Å². The van der Waals surface area contributed by atoms with E-state index < -0.39 is 10.0 Å². The van der Waals surface area contributed by atoms with Gasteiger partial charge in [-0.1, -0.05) is 18.5 Å². The first-order valence-electron chi connectivity index (χ1n) is 6.81. The molecule has 6 nitrogen and oxygen atoms in total. The van der Waals surface area contributed by atoms with E-state index >= 15 is 0 Å². The van der Waals surface area contributed by atoms with Crippen LogP contribution < -0.4 is 0 Å². The van der Waals surface area contributed by atoms with Crippen molar-refractivity contribution in [2.45, 2.75) is 45.4 Å². The molecule has 0 amide bonds. The molecule has 0 radical (unpaired) electrons. The minimum atomic E-state index is -3.14. The third-order valence-corrected chi connectivity index (χ3v) is 5.35. The molecule has 1 aromatic heterocycles. The van der Waals surface area contributed by atoms with Crippen molar-refractivity contribution in [3.63, 3.8) is 0 Å². The van der Waals surface area contributed by atoms with Crippen molar-refractivity contribution in [3.05, 3.63) is 11.7 Å². The van der Waals surface area contributed by atoms with Crippen LogP contribution in [0.4, 0.5) is 0 Å². The lowest BCUT2D eigenvalue weighted by Crippen LogP contribution is -2.40. The van der Waals surface area contributed by atoms with Crippen LogP contribution in [-0.4, -0.2) is 41.7 Å². The summed E-state index contributed by atoms with van der Waals surface area (Å²) in [4.78, 5) is 4.21. The molecule has 2 rings (SSSR count). The number of hydrogen-bond acceptors (Lipinski definition) is 5. The lowest BCUT2D eigenvalue weighted by atomic mass is 10.00. The van der Waals surface area contributed by atoms with Crippen LogP contribution in [0.5, 0.6) is 0 Å². The molecule has 1 saturated heterocycles. The van der Waals surface area contributed by atoms with E-state index in [1.807, 2.05) is 6.92 Å². The zero-order chi connectivity index (χ0) is 13.9. The number of unbranched alkanes of at least 4 members (excludes halogenated alkanes) is 1. The molecule has 1 fully saturated rings. The first-order valence-corrected chi connectivity index (χ1v) is 8.42. The number of rotatable bonds is 5. The molecule has 0 spiro atoms. The smallest absolute Gasteiger partial charge is 0.231 e. The maximum absolute atomic E-state index is 12.2. The van der Waals surface area contributed by atoms with Crippen molar-refractivity contribution in [1.82, 2.24) is 14.4 Å². The van der Waals surface area contributed by atoms with Gasteiger partial charge in [0.1, 0.15) is 0 Å². The van der Waals surface area contributed by atoms with Crippen LogP contribution in [0.15, 0.2) is 4.52 Å². The Kier molecular flexibility index (Phi) is 4.57. The minimum Gasteiger partial charge on any atom is -0.339 e. The fraction of sp³-hybridized carbons (Fsp3) is 0.833. The fourth-order valence-corrected chi connectivity index (χ4v) is 4.06. The zero-order valence-electron chi connectivity index (χ0n) is 11.5. The number of aryl methyl sites for hydroxylation is 1. The van der Waals surface area contributed by atoms with Crippen molar-refractivity contribution in [2.24, 2.45) is 0 Å². The van der Waals surface area contributed by atoms with Gasteiger partial charge in [-0.15, -0.1) is 0 Å². The van der Waals surface area contributed by atoms with Crippen molar-refractivity contribution in [2.75, 3.05) is 18.8 Å². The summed E-state index contributed by atoms with van der Waals surface area (Å²) in [5.74, 6) is 1.43. The maximum atomic E-state index is 12.2. The molecule has 2 heterocycles. The molecule has 19 heavy (non-hydrogen) atoms. The van der Waals surface area contributed by atoms with Crippen molar-refractivity contribution in [1.29, 1.82) is 0 Å². The van der Waals surface area contributed by atoms with Crippen LogP contribution in [0.1, 0.15) is 50.2 Å². The van der Waals surface area contributed by atoms with Gasteiger partial charge in [-0.3, -0.25) is 0 Å². The molecular formula is C12H21N3O3S. The first-order chi connectivity index (χ1) is 9.03. The second kappa shape index (κ2) is 6.00. The standard InChI is InChI=1S/C12H21N3O3S/c1-3-4-8-19(16,17)15-7-5-6-11(9-15)12-13-10(2)14-18-12/h11H,3-9H2,1-2H3/t11-/m0/s1. The molecule has 7 heteroatoms. The summed E-state index contributed by atoms with van der Waals surface area (Å²) >= 11 is 0. The van der Waals surface area contributed by atoms with Gasteiger partial charge in [-0.05, 0) is 26.2 Å². The number of nitrogens with zero attached hydrogens (tertiary/aromatic N) is 3. The molecule has 1 atom stereocenters. The Morgan fingerprint density at radius 3 is 2.89 bits per heavy atom. The van der Waals surface area contributed by atoms with Gasteiger partial charge >= 0.3 is 0 Å². The van der Waals surface area contributed by atoms with Crippen molar-refractivity contribution >= 4 is 10.0 Å². The Hall–Kier alpha value is -0.950. The number of aromatic nitrogens is 2. The summed E-state index contributed by atoms with van der Waals surface area (Å²) < 4.78 is 31.1. The van der Waals surface area contributed by atoms with E-state index in [2.05, 4.69) is 10.1 Å². The van der Waals surface area contributed by atoms with E-state index in [1.54, 1.807) is 11.2 Å². The zero-order valence-corrected chi connectivity index (χ0v) is 12.3. The highest BCUT2D eigenvalue weighted by Gasteiger charge is 2.31. The highest BCUT2D eigenvalue weighted by molar-refractivity contribution is 7.89. The predicted octanol–water partition coefficient (Wildman–Crippen LogP) is 1.69. The molecule has 1 aromatic rings. The van der Waals surface area contributed by atoms with E-state index in [0.29, 0.717) is 31.2 Å². The van der Waals surface area contributed by atoms with Crippen LogP contribution in [0.25, 0.3) is 0 Å². The summed E-state index contributed by atoms with van der Waals surface area (Å²) in [6.07, 6.45) is 3.35. The van der Waals surface area contributed by atoms with E-state index in [0.717, 1.165) is 19.3 Å². The average molecular weight is 287 g/mol. The summed E-state index contributed by atoms with van der Waals surface area (Å²) in [6, 6.07) is 0. The molecule has 108 valence electrons. The van der Waals surface area contributed by atoms with E-state index in [1.165, 1.54) is 0 Å². The summed E-state index contributed by atoms with van der Waals surface area (Å²) in [5, 5.41) is 3.77. The lowest BCUT2D eigenvalue weighted by molar-refractivity contribution is 0.265. The molecule has 0 unspecified atom stereocenters.